The van der Waals surface area contributed by atoms with Crippen molar-refractivity contribution in [3.8, 4) is 0 Å². The van der Waals surface area contributed by atoms with Crippen LogP contribution in [0.15, 0.2) is 36.4 Å². The van der Waals surface area contributed by atoms with E-state index in [1.165, 1.54) is 11.3 Å². The summed E-state index contributed by atoms with van der Waals surface area (Å²) in [7, 11) is 0. The first-order valence-corrected chi connectivity index (χ1v) is 7.59. The van der Waals surface area contributed by atoms with E-state index in [-0.39, 0.29) is 5.91 Å². The second-order valence-corrected chi connectivity index (χ2v) is 6.39. The lowest BCUT2D eigenvalue weighted by Crippen LogP contribution is -2.37. The van der Waals surface area contributed by atoms with Crippen LogP contribution in [0, 0.1) is 6.92 Å². The lowest BCUT2D eigenvalue weighted by Gasteiger charge is -2.32. The Hall–Kier alpha value is -2.14. The molecular weight excluding hydrogens is 286 g/mol. The molecule has 2 heterocycles. The highest BCUT2D eigenvalue weighted by Gasteiger charge is 2.32. The molecule has 0 spiro atoms. The van der Waals surface area contributed by atoms with Crippen molar-refractivity contribution in [1.82, 2.24) is 0 Å². The number of carboxylic acid groups (broad SMARTS) is 1. The summed E-state index contributed by atoms with van der Waals surface area (Å²) in [6.07, 6.45) is 0.447. The van der Waals surface area contributed by atoms with Crippen LogP contribution in [0.4, 0.5) is 5.69 Å². The first-order valence-electron chi connectivity index (χ1n) is 6.78. The van der Waals surface area contributed by atoms with Crippen molar-refractivity contribution in [2.45, 2.75) is 19.3 Å². The van der Waals surface area contributed by atoms with Gasteiger partial charge < -0.3 is 10.0 Å². The van der Waals surface area contributed by atoms with Gasteiger partial charge in [-0.15, -0.1) is 11.3 Å². The van der Waals surface area contributed by atoms with Crippen molar-refractivity contribution in [1.29, 1.82) is 0 Å². The predicted molar refractivity (Wildman–Crippen MR) is 82.2 cm³/mol. The molecule has 0 saturated heterocycles. The smallest absolute Gasteiger partial charge is 0.311 e. The molecule has 0 unspecified atom stereocenters. The highest BCUT2D eigenvalue weighted by atomic mass is 32.1. The third kappa shape index (κ3) is 2.45. The molecule has 1 atom stereocenters. The zero-order valence-electron chi connectivity index (χ0n) is 11.6. The number of hydrogen-bond donors (Lipinski definition) is 1. The molecule has 1 aromatic carbocycles. The third-order valence-corrected chi connectivity index (χ3v) is 4.73. The van der Waals surface area contributed by atoms with Gasteiger partial charge >= 0.3 is 5.97 Å². The first kappa shape index (κ1) is 13.8. The Balaban J connectivity index is 2.00. The molecule has 0 bridgehead atoms. The minimum absolute atomic E-state index is 0.0515. The second kappa shape index (κ2) is 5.33. The second-order valence-electron chi connectivity index (χ2n) is 5.11. The number of fused-ring (bicyclic) bond motifs is 1. The van der Waals surface area contributed by atoms with E-state index >= 15 is 0 Å². The number of aliphatic carboxylic acids is 1. The summed E-state index contributed by atoms with van der Waals surface area (Å²) >= 11 is 1.46. The minimum atomic E-state index is -0.832. The average molecular weight is 301 g/mol. The molecule has 1 aliphatic heterocycles. The molecule has 0 fully saturated rings. The van der Waals surface area contributed by atoms with Gasteiger partial charge in [-0.2, -0.15) is 0 Å². The van der Waals surface area contributed by atoms with Crippen LogP contribution in [0.5, 0.6) is 0 Å². The molecular formula is C16H15NO3S. The number of anilines is 1. The molecule has 0 radical (unpaired) electrons. The quantitative estimate of drug-likeness (QED) is 0.926. The number of rotatable bonds is 2. The van der Waals surface area contributed by atoms with Gasteiger partial charge in [-0.3, -0.25) is 9.59 Å². The Morgan fingerprint density at radius 3 is 2.67 bits per heavy atom. The van der Waals surface area contributed by atoms with Gasteiger partial charge in [-0.05, 0) is 37.1 Å². The van der Waals surface area contributed by atoms with Gasteiger partial charge in [0.05, 0.1) is 10.8 Å². The highest BCUT2D eigenvalue weighted by molar-refractivity contribution is 7.14. The van der Waals surface area contributed by atoms with Crippen molar-refractivity contribution >= 4 is 28.9 Å². The van der Waals surface area contributed by atoms with Crippen molar-refractivity contribution in [3.05, 3.63) is 51.7 Å². The standard InChI is InChI=1S/C16H15NO3S/c1-10-6-7-14(21-10)15(18)17-9-8-12(16(19)20)11-4-2-3-5-13(11)17/h2-7,12H,8-9H2,1H3,(H,19,20)/t12-/m1/s1. The zero-order chi connectivity index (χ0) is 15.0. The Morgan fingerprint density at radius 1 is 1.24 bits per heavy atom. The topological polar surface area (TPSA) is 57.6 Å². The van der Waals surface area contributed by atoms with Gasteiger partial charge in [0.15, 0.2) is 0 Å². The number of thiophene rings is 1. The number of amides is 1. The first-order chi connectivity index (χ1) is 10.1. The monoisotopic (exact) mass is 301 g/mol. The van der Waals surface area contributed by atoms with Crippen LogP contribution in [-0.4, -0.2) is 23.5 Å². The van der Waals surface area contributed by atoms with E-state index < -0.39 is 11.9 Å². The summed E-state index contributed by atoms with van der Waals surface area (Å²) in [6, 6.07) is 11.0. The zero-order valence-corrected chi connectivity index (χ0v) is 12.4. The number of benzene rings is 1. The normalized spacial score (nSPS) is 17.4. The van der Waals surface area contributed by atoms with Crippen LogP contribution >= 0.6 is 11.3 Å². The molecule has 1 aromatic heterocycles. The van der Waals surface area contributed by atoms with Gasteiger partial charge in [0, 0.05) is 17.1 Å². The molecule has 0 saturated carbocycles. The summed E-state index contributed by atoms with van der Waals surface area (Å²) in [5.41, 5.74) is 1.44. The number of nitrogens with zero attached hydrogens (tertiary/aromatic N) is 1. The van der Waals surface area contributed by atoms with Crippen LogP contribution in [0.3, 0.4) is 0 Å². The highest BCUT2D eigenvalue weighted by Crippen LogP contribution is 2.36. The van der Waals surface area contributed by atoms with Gasteiger partial charge in [-0.1, -0.05) is 18.2 Å². The molecule has 1 N–H and O–H groups in total. The van der Waals surface area contributed by atoms with E-state index in [0.717, 1.165) is 10.4 Å². The average Bonchev–Trinajstić information content (AvgIpc) is 2.91. The Kier molecular flexibility index (Phi) is 3.51. The van der Waals surface area contributed by atoms with Crippen molar-refractivity contribution < 1.29 is 14.7 Å². The predicted octanol–water partition coefficient (Wildman–Crippen LogP) is 3.28. The summed E-state index contributed by atoms with van der Waals surface area (Å²) in [5.74, 6) is -1.42. The van der Waals surface area contributed by atoms with Crippen molar-refractivity contribution in [3.63, 3.8) is 0 Å². The maximum absolute atomic E-state index is 12.6. The minimum Gasteiger partial charge on any atom is -0.481 e. The van der Waals surface area contributed by atoms with Crippen LogP contribution in [0.1, 0.15) is 32.5 Å². The molecule has 21 heavy (non-hydrogen) atoms. The van der Waals surface area contributed by atoms with Gasteiger partial charge in [0.1, 0.15) is 0 Å². The third-order valence-electron chi connectivity index (χ3n) is 3.74. The number of carbonyl (C=O) groups is 2. The molecule has 4 nitrogen and oxygen atoms in total. The number of carbonyl (C=O) groups excluding carboxylic acids is 1. The molecule has 1 aliphatic rings. The van der Waals surface area contributed by atoms with E-state index in [1.54, 1.807) is 11.0 Å². The summed E-state index contributed by atoms with van der Waals surface area (Å²) in [4.78, 5) is 27.5. The van der Waals surface area contributed by atoms with Gasteiger partial charge in [-0.25, -0.2) is 0 Å². The van der Waals surface area contributed by atoms with Crippen molar-refractivity contribution in [2.75, 3.05) is 11.4 Å². The van der Waals surface area contributed by atoms with E-state index in [0.29, 0.717) is 23.5 Å². The van der Waals surface area contributed by atoms with Crippen LogP contribution < -0.4 is 4.90 Å². The Morgan fingerprint density at radius 2 is 2.00 bits per heavy atom. The van der Waals surface area contributed by atoms with Gasteiger partial charge in [0.2, 0.25) is 0 Å². The lowest BCUT2D eigenvalue weighted by molar-refractivity contribution is -0.139. The van der Waals surface area contributed by atoms with E-state index in [9.17, 15) is 14.7 Å². The van der Waals surface area contributed by atoms with E-state index in [4.69, 9.17) is 0 Å². The molecule has 2 aromatic rings. The lowest BCUT2D eigenvalue weighted by atomic mass is 9.90. The van der Waals surface area contributed by atoms with Crippen LogP contribution in [0.2, 0.25) is 0 Å². The van der Waals surface area contributed by atoms with Crippen LogP contribution in [-0.2, 0) is 4.79 Å². The van der Waals surface area contributed by atoms with E-state index in [1.807, 2.05) is 37.3 Å². The summed E-state index contributed by atoms with van der Waals surface area (Å²) < 4.78 is 0. The molecule has 5 heteroatoms. The molecule has 1 amide bonds. The molecule has 3 rings (SSSR count). The SMILES string of the molecule is Cc1ccc(C(=O)N2CC[C@@H](C(=O)O)c3ccccc32)s1. The molecule has 108 valence electrons. The Bertz CT molecular complexity index is 707. The van der Waals surface area contributed by atoms with Crippen LogP contribution in [0.25, 0.3) is 0 Å². The van der Waals surface area contributed by atoms with Gasteiger partial charge in [0.25, 0.3) is 5.91 Å². The fourth-order valence-corrected chi connectivity index (χ4v) is 3.53. The maximum atomic E-state index is 12.6. The summed E-state index contributed by atoms with van der Waals surface area (Å²) in [6.45, 7) is 2.40. The largest absolute Gasteiger partial charge is 0.481 e. The van der Waals surface area contributed by atoms with E-state index in [2.05, 4.69) is 0 Å². The maximum Gasteiger partial charge on any atom is 0.311 e. The number of para-hydroxylation sites is 1. The number of aryl methyl sites for hydroxylation is 1. The fraction of sp³-hybridized carbons (Fsp3) is 0.250. The summed E-state index contributed by atoms with van der Waals surface area (Å²) in [5, 5.41) is 9.33. The van der Waals surface area contributed by atoms with Crippen molar-refractivity contribution in [2.24, 2.45) is 0 Å². The molecule has 0 aliphatic carbocycles. The number of hydrogen-bond acceptors (Lipinski definition) is 3. The Labute approximate surface area is 126 Å². The fourth-order valence-electron chi connectivity index (χ4n) is 2.71. The number of carboxylic acids is 1.